The van der Waals surface area contributed by atoms with Crippen LogP contribution >= 0.6 is 0 Å². The van der Waals surface area contributed by atoms with E-state index in [0.29, 0.717) is 18.5 Å². The Labute approximate surface area is 162 Å². The van der Waals surface area contributed by atoms with Gasteiger partial charge in [-0.3, -0.25) is 9.59 Å². The minimum Gasteiger partial charge on any atom is -0.350 e. The van der Waals surface area contributed by atoms with E-state index in [9.17, 15) is 18.4 Å². The quantitative estimate of drug-likeness (QED) is 0.709. The molecule has 1 aliphatic heterocycles. The molecule has 3 rings (SSSR count). The van der Waals surface area contributed by atoms with Gasteiger partial charge in [0.1, 0.15) is 0 Å². The molecule has 2 unspecified atom stereocenters. The Balaban J connectivity index is 1.54. The predicted molar refractivity (Wildman–Crippen MR) is 102 cm³/mol. The number of benzene rings is 2. The third kappa shape index (κ3) is 5.36. The average molecular weight is 387 g/mol. The Bertz CT molecular complexity index is 830. The standard InChI is InChI=1S/C21H23F2N3O2/c22-17-7-6-15(11-18(17)23)16-8-9-24-12-19(16)26-21(28)13-25-20(27)10-14-4-2-1-3-5-14/h1-7,11,16,19,24H,8-10,12-13H2,(H,25,27)(H,26,28). The van der Waals surface area contributed by atoms with Crippen LogP contribution in [0.5, 0.6) is 0 Å². The van der Waals surface area contributed by atoms with E-state index in [0.717, 1.165) is 18.2 Å². The van der Waals surface area contributed by atoms with Gasteiger partial charge in [-0.2, -0.15) is 0 Å². The Morgan fingerprint density at radius 3 is 2.57 bits per heavy atom. The first kappa shape index (κ1) is 19.9. The first-order chi connectivity index (χ1) is 13.5. The molecule has 3 N–H and O–H groups in total. The van der Waals surface area contributed by atoms with E-state index in [1.165, 1.54) is 6.07 Å². The number of hydrogen-bond donors (Lipinski definition) is 3. The number of hydrogen-bond acceptors (Lipinski definition) is 3. The molecule has 1 saturated heterocycles. The third-order valence-electron chi connectivity index (χ3n) is 4.85. The van der Waals surface area contributed by atoms with Crippen molar-refractivity contribution in [3.05, 3.63) is 71.3 Å². The number of halogens is 2. The molecule has 0 aromatic heterocycles. The fraction of sp³-hybridized carbons (Fsp3) is 0.333. The van der Waals surface area contributed by atoms with Crippen molar-refractivity contribution in [3.63, 3.8) is 0 Å². The van der Waals surface area contributed by atoms with Crippen LogP contribution < -0.4 is 16.0 Å². The molecule has 0 spiro atoms. The molecule has 1 heterocycles. The summed E-state index contributed by atoms with van der Waals surface area (Å²) in [4.78, 5) is 24.3. The Kier molecular flexibility index (Phi) is 6.71. The highest BCUT2D eigenvalue weighted by molar-refractivity contribution is 5.85. The fourth-order valence-corrected chi connectivity index (χ4v) is 3.43. The zero-order valence-corrected chi connectivity index (χ0v) is 15.4. The summed E-state index contributed by atoms with van der Waals surface area (Å²) in [6.45, 7) is 1.11. The summed E-state index contributed by atoms with van der Waals surface area (Å²) >= 11 is 0. The topological polar surface area (TPSA) is 70.2 Å². The summed E-state index contributed by atoms with van der Waals surface area (Å²) in [5.74, 6) is -2.46. The first-order valence-corrected chi connectivity index (χ1v) is 9.28. The highest BCUT2D eigenvalue weighted by atomic mass is 19.2. The highest BCUT2D eigenvalue weighted by Crippen LogP contribution is 2.26. The van der Waals surface area contributed by atoms with E-state index in [1.54, 1.807) is 6.07 Å². The maximum atomic E-state index is 13.6. The molecular weight excluding hydrogens is 364 g/mol. The number of piperidine rings is 1. The van der Waals surface area contributed by atoms with Gasteiger partial charge in [-0.1, -0.05) is 36.4 Å². The maximum absolute atomic E-state index is 13.6. The molecule has 2 atom stereocenters. The Morgan fingerprint density at radius 1 is 1.04 bits per heavy atom. The summed E-state index contributed by atoms with van der Waals surface area (Å²) in [7, 11) is 0. The van der Waals surface area contributed by atoms with Crippen molar-refractivity contribution < 1.29 is 18.4 Å². The number of carbonyl (C=O) groups is 2. The van der Waals surface area contributed by atoms with Crippen LogP contribution in [-0.2, 0) is 16.0 Å². The Hall–Kier alpha value is -2.80. The monoisotopic (exact) mass is 387 g/mol. The molecule has 28 heavy (non-hydrogen) atoms. The molecule has 5 nitrogen and oxygen atoms in total. The second-order valence-electron chi connectivity index (χ2n) is 6.89. The van der Waals surface area contributed by atoms with Crippen molar-refractivity contribution >= 4 is 11.8 Å². The normalized spacial score (nSPS) is 19.1. The van der Waals surface area contributed by atoms with Crippen LogP contribution in [0.25, 0.3) is 0 Å². The van der Waals surface area contributed by atoms with E-state index in [-0.39, 0.29) is 36.7 Å². The smallest absolute Gasteiger partial charge is 0.239 e. The number of amides is 2. The van der Waals surface area contributed by atoms with Gasteiger partial charge in [0.15, 0.2) is 11.6 Å². The lowest BCUT2D eigenvalue weighted by atomic mass is 9.86. The lowest BCUT2D eigenvalue weighted by Crippen LogP contribution is -2.52. The van der Waals surface area contributed by atoms with Crippen molar-refractivity contribution in [3.8, 4) is 0 Å². The van der Waals surface area contributed by atoms with Gasteiger partial charge in [-0.15, -0.1) is 0 Å². The number of rotatable bonds is 6. The van der Waals surface area contributed by atoms with Gasteiger partial charge in [0.2, 0.25) is 11.8 Å². The molecule has 2 amide bonds. The van der Waals surface area contributed by atoms with Gasteiger partial charge in [0.05, 0.1) is 13.0 Å². The van der Waals surface area contributed by atoms with Crippen LogP contribution in [0.4, 0.5) is 8.78 Å². The van der Waals surface area contributed by atoms with Crippen molar-refractivity contribution in [2.24, 2.45) is 0 Å². The van der Waals surface area contributed by atoms with Crippen LogP contribution in [0.15, 0.2) is 48.5 Å². The first-order valence-electron chi connectivity index (χ1n) is 9.28. The van der Waals surface area contributed by atoms with Crippen LogP contribution in [-0.4, -0.2) is 37.5 Å². The van der Waals surface area contributed by atoms with Gasteiger partial charge in [-0.05, 0) is 36.2 Å². The summed E-state index contributed by atoms with van der Waals surface area (Å²) in [5.41, 5.74) is 1.52. The van der Waals surface area contributed by atoms with Crippen LogP contribution in [0.2, 0.25) is 0 Å². The summed E-state index contributed by atoms with van der Waals surface area (Å²) < 4.78 is 26.8. The summed E-state index contributed by atoms with van der Waals surface area (Å²) in [6, 6.07) is 12.8. The van der Waals surface area contributed by atoms with Crippen LogP contribution in [0.1, 0.15) is 23.5 Å². The van der Waals surface area contributed by atoms with Crippen molar-refractivity contribution in [1.82, 2.24) is 16.0 Å². The van der Waals surface area contributed by atoms with Crippen molar-refractivity contribution in [1.29, 1.82) is 0 Å². The van der Waals surface area contributed by atoms with Crippen LogP contribution in [0, 0.1) is 11.6 Å². The highest BCUT2D eigenvalue weighted by Gasteiger charge is 2.28. The molecule has 1 aliphatic rings. The summed E-state index contributed by atoms with van der Waals surface area (Å²) in [6.07, 6.45) is 0.896. The number of carbonyl (C=O) groups excluding carboxylic acids is 2. The van der Waals surface area contributed by atoms with E-state index in [4.69, 9.17) is 0 Å². The third-order valence-corrected chi connectivity index (χ3v) is 4.85. The van der Waals surface area contributed by atoms with E-state index in [2.05, 4.69) is 16.0 Å². The van der Waals surface area contributed by atoms with Crippen molar-refractivity contribution in [2.45, 2.75) is 24.8 Å². The second kappa shape index (κ2) is 9.41. The minimum absolute atomic E-state index is 0.125. The molecule has 0 bridgehead atoms. The van der Waals surface area contributed by atoms with Gasteiger partial charge in [0.25, 0.3) is 0 Å². The minimum atomic E-state index is -0.894. The lowest BCUT2D eigenvalue weighted by molar-refractivity contribution is -0.126. The van der Waals surface area contributed by atoms with Crippen LogP contribution in [0.3, 0.4) is 0 Å². The molecule has 7 heteroatoms. The molecule has 2 aromatic rings. The van der Waals surface area contributed by atoms with E-state index < -0.39 is 11.6 Å². The molecule has 0 radical (unpaired) electrons. The second-order valence-corrected chi connectivity index (χ2v) is 6.89. The largest absolute Gasteiger partial charge is 0.350 e. The van der Waals surface area contributed by atoms with Gasteiger partial charge in [-0.25, -0.2) is 8.78 Å². The molecule has 1 fully saturated rings. The van der Waals surface area contributed by atoms with Gasteiger partial charge >= 0.3 is 0 Å². The molecule has 0 aliphatic carbocycles. The predicted octanol–water partition coefficient (Wildman–Crippen LogP) is 1.89. The Morgan fingerprint density at radius 2 is 1.82 bits per heavy atom. The molecule has 2 aromatic carbocycles. The van der Waals surface area contributed by atoms with Gasteiger partial charge < -0.3 is 16.0 Å². The average Bonchev–Trinajstić information content (AvgIpc) is 2.70. The lowest BCUT2D eigenvalue weighted by Gasteiger charge is -2.33. The maximum Gasteiger partial charge on any atom is 0.239 e. The number of nitrogens with one attached hydrogen (secondary N) is 3. The van der Waals surface area contributed by atoms with Crippen molar-refractivity contribution in [2.75, 3.05) is 19.6 Å². The molecule has 0 saturated carbocycles. The van der Waals surface area contributed by atoms with Gasteiger partial charge in [0, 0.05) is 18.5 Å². The summed E-state index contributed by atoms with van der Waals surface area (Å²) in [5, 5.41) is 8.69. The SMILES string of the molecule is O=C(Cc1ccccc1)NCC(=O)NC1CNCCC1c1ccc(F)c(F)c1. The zero-order valence-electron chi connectivity index (χ0n) is 15.4. The zero-order chi connectivity index (χ0) is 19.9. The van der Waals surface area contributed by atoms with E-state index in [1.807, 2.05) is 30.3 Å². The molecular formula is C21H23F2N3O2. The van der Waals surface area contributed by atoms with E-state index >= 15 is 0 Å². The molecule has 148 valence electrons. The fourth-order valence-electron chi connectivity index (χ4n) is 3.43.